The van der Waals surface area contributed by atoms with E-state index in [9.17, 15) is 0 Å². The Balaban J connectivity index is 1.67. The number of nitrogens with zero attached hydrogens (tertiary/aromatic N) is 1. The molecule has 2 saturated carbocycles. The van der Waals surface area contributed by atoms with Crippen LogP contribution in [0.25, 0.3) is 0 Å². The lowest BCUT2D eigenvalue weighted by atomic mass is 9.92. The van der Waals surface area contributed by atoms with Gasteiger partial charge in [-0.1, -0.05) is 30.3 Å². The molecule has 2 aliphatic rings. The minimum Gasteiger partial charge on any atom is -0.286 e. The van der Waals surface area contributed by atoms with Crippen LogP contribution in [0.4, 0.5) is 0 Å². The van der Waals surface area contributed by atoms with Gasteiger partial charge in [-0.25, -0.2) is 0 Å². The highest BCUT2D eigenvalue weighted by molar-refractivity contribution is 6.02. The maximum absolute atomic E-state index is 5.01. The van der Waals surface area contributed by atoms with Crippen molar-refractivity contribution < 1.29 is 0 Å². The van der Waals surface area contributed by atoms with E-state index in [1.54, 1.807) is 0 Å². The molecule has 1 aromatic rings. The molecule has 10 radical (unpaired) electrons. The molecule has 1 heteroatoms. The van der Waals surface area contributed by atoms with Crippen molar-refractivity contribution in [3.05, 3.63) is 99.1 Å². The highest BCUT2D eigenvalue weighted by Crippen LogP contribution is 2.32. The Hall–Kier alpha value is -1.11. The van der Waals surface area contributed by atoms with Gasteiger partial charge in [-0.3, -0.25) is 4.99 Å². The average Bonchev–Trinajstić information content (AvgIpc) is 3.25. The molecule has 0 saturated heterocycles. The summed E-state index contributed by atoms with van der Waals surface area (Å²) in [6, 6.07) is 10.7. The van der Waals surface area contributed by atoms with Crippen LogP contribution < -0.4 is 0 Å². The van der Waals surface area contributed by atoms with Crippen LogP contribution in [0.15, 0.2) is 35.3 Å². The summed E-state index contributed by atoms with van der Waals surface area (Å²) in [6.45, 7) is 2.17. The summed E-state index contributed by atoms with van der Waals surface area (Å²) < 4.78 is 0. The van der Waals surface area contributed by atoms with Gasteiger partial charge in [-0.15, -0.1) is 0 Å². The number of hydrogen-bond acceptors (Lipinski definition) is 1. The fourth-order valence-electron chi connectivity index (χ4n) is 2.73. The molecule has 1 nitrogen and oxygen atoms in total. The van der Waals surface area contributed by atoms with Gasteiger partial charge in [0.15, 0.2) is 0 Å². The van der Waals surface area contributed by atoms with Crippen LogP contribution in [0.3, 0.4) is 0 Å². The number of hydrogen-bond donors (Lipinski definition) is 0. The Morgan fingerprint density at radius 3 is 2.23 bits per heavy atom. The van der Waals surface area contributed by atoms with Gasteiger partial charge in [0.2, 0.25) is 0 Å². The average molecular weight is 287 g/mol. The number of aliphatic imine (C=N–C) groups is 1. The van der Waals surface area contributed by atoms with Crippen molar-refractivity contribution in [2.45, 2.75) is 25.8 Å². The van der Waals surface area contributed by atoms with E-state index >= 15 is 0 Å². The van der Waals surface area contributed by atoms with Gasteiger partial charge in [-0.05, 0) is 82.6 Å². The van der Waals surface area contributed by atoms with Crippen LogP contribution in [-0.4, -0.2) is 5.71 Å². The van der Waals surface area contributed by atoms with E-state index in [4.69, 9.17) is 4.99 Å². The third-order valence-electron chi connectivity index (χ3n) is 4.01. The Morgan fingerprint density at radius 2 is 1.55 bits per heavy atom. The van der Waals surface area contributed by atoms with Crippen molar-refractivity contribution in [1.29, 1.82) is 0 Å². The van der Waals surface area contributed by atoms with E-state index in [1.165, 1.54) is 23.1 Å². The fraction of sp³-hybridized carbons (Fsp3) is 0.190. The molecule has 22 heavy (non-hydrogen) atoms. The Bertz CT molecular complexity index is 464. The van der Waals surface area contributed by atoms with Crippen molar-refractivity contribution in [2.24, 2.45) is 4.99 Å². The van der Waals surface area contributed by atoms with Crippen molar-refractivity contribution in [3.63, 3.8) is 0 Å². The summed E-state index contributed by atoms with van der Waals surface area (Å²) in [5.41, 5.74) is 2.46. The summed E-state index contributed by atoms with van der Waals surface area (Å²) in [4.78, 5) is 5.01. The predicted molar refractivity (Wildman–Crippen MR) is 92.4 cm³/mol. The van der Waals surface area contributed by atoms with Gasteiger partial charge in [0.05, 0.1) is 6.04 Å². The zero-order valence-electron chi connectivity index (χ0n) is 12.9. The van der Waals surface area contributed by atoms with E-state index in [0.717, 1.165) is 12.8 Å². The number of rotatable bonds is 6. The molecule has 110 valence electrons. The lowest BCUT2D eigenvalue weighted by Gasteiger charge is -2.17. The van der Waals surface area contributed by atoms with E-state index in [-0.39, 0.29) is 6.04 Å². The van der Waals surface area contributed by atoms with E-state index in [1.807, 2.05) is 6.07 Å². The summed E-state index contributed by atoms with van der Waals surface area (Å²) in [6.07, 6.45) is 19.1. The molecule has 3 rings (SSSR count). The van der Waals surface area contributed by atoms with E-state index in [0.29, 0.717) is 0 Å². The maximum Gasteiger partial charge on any atom is 0.0720 e. The molecule has 0 aliphatic heterocycles. The molecule has 0 aromatic heterocycles. The lowest BCUT2D eigenvalue weighted by molar-refractivity contribution is 0.804. The van der Waals surface area contributed by atoms with Crippen LogP contribution >= 0.6 is 0 Å². The first-order chi connectivity index (χ1) is 10.8. The fourth-order valence-corrected chi connectivity index (χ4v) is 2.73. The topological polar surface area (TPSA) is 12.4 Å². The summed E-state index contributed by atoms with van der Waals surface area (Å²) in [5.74, 6) is 2.63. The molecule has 0 unspecified atom stereocenters. The van der Waals surface area contributed by atoms with Crippen molar-refractivity contribution in [3.8, 4) is 0 Å². The standard InChI is InChI=1S/C21H21N/c1-17(19-11-3-2-4-12-19)22-21(20-13-7-8-14-20)16-15-18-9-5-6-10-18/h2-14,17H,15-16H2,1H3/t17-/m0/s1. The molecule has 0 spiro atoms. The molecule has 1 aromatic carbocycles. The minimum atomic E-state index is 0.186. The van der Waals surface area contributed by atoms with Crippen molar-refractivity contribution >= 4 is 5.71 Å². The van der Waals surface area contributed by atoms with Crippen LogP contribution in [0.2, 0.25) is 0 Å². The lowest BCUT2D eigenvalue weighted by Crippen LogP contribution is -2.13. The van der Waals surface area contributed by atoms with Crippen LogP contribution in [0.1, 0.15) is 31.4 Å². The van der Waals surface area contributed by atoms with Crippen molar-refractivity contribution in [1.82, 2.24) is 0 Å². The SMILES string of the molecule is C[C@H](N=C(CC[C]1[CH][CH][CH][CH]1)[C]1[CH][CH][CH][CH]1)c1ccccc1. The van der Waals surface area contributed by atoms with Crippen LogP contribution in [0.5, 0.6) is 0 Å². The Morgan fingerprint density at radius 1 is 0.909 bits per heavy atom. The van der Waals surface area contributed by atoms with Gasteiger partial charge in [0.25, 0.3) is 0 Å². The first-order valence-electron chi connectivity index (χ1n) is 7.87. The molecular formula is C21H21N. The second-order valence-electron chi connectivity index (χ2n) is 5.63. The van der Waals surface area contributed by atoms with Gasteiger partial charge in [-0.2, -0.15) is 0 Å². The molecule has 0 bridgehead atoms. The second kappa shape index (κ2) is 7.94. The molecule has 2 fully saturated rings. The zero-order valence-corrected chi connectivity index (χ0v) is 12.9. The number of benzene rings is 1. The van der Waals surface area contributed by atoms with Crippen LogP contribution in [0, 0.1) is 63.2 Å². The van der Waals surface area contributed by atoms with Gasteiger partial charge < -0.3 is 0 Å². The monoisotopic (exact) mass is 287 g/mol. The third-order valence-corrected chi connectivity index (χ3v) is 4.01. The maximum atomic E-state index is 5.01. The first-order valence-corrected chi connectivity index (χ1v) is 7.87. The molecular weight excluding hydrogens is 266 g/mol. The van der Waals surface area contributed by atoms with Gasteiger partial charge >= 0.3 is 0 Å². The third kappa shape index (κ3) is 4.21. The molecule has 0 amide bonds. The predicted octanol–water partition coefficient (Wildman–Crippen LogP) is 4.78. The minimum absolute atomic E-state index is 0.186. The highest BCUT2D eigenvalue weighted by Gasteiger charge is 2.25. The summed E-state index contributed by atoms with van der Waals surface area (Å²) in [7, 11) is 0. The van der Waals surface area contributed by atoms with Gasteiger partial charge in [0, 0.05) is 11.6 Å². The molecule has 0 heterocycles. The quantitative estimate of drug-likeness (QED) is 0.668. The highest BCUT2D eigenvalue weighted by atomic mass is 14.8. The van der Waals surface area contributed by atoms with E-state index in [2.05, 4.69) is 82.6 Å². The summed E-state index contributed by atoms with van der Waals surface area (Å²) in [5, 5.41) is 0. The smallest absolute Gasteiger partial charge is 0.0720 e. The summed E-state index contributed by atoms with van der Waals surface area (Å²) >= 11 is 0. The zero-order chi connectivity index (χ0) is 15.2. The van der Waals surface area contributed by atoms with Crippen molar-refractivity contribution in [2.75, 3.05) is 0 Å². The molecule has 2 aliphatic carbocycles. The second-order valence-corrected chi connectivity index (χ2v) is 5.63. The Kier molecular flexibility index (Phi) is 5.70. The van der Waals surface area contributed by atoms with Crippen LogP contribution in [-0.2, 0) is 0 Å². The normalized spacial score (nSPS) is 22.3. The molecule has 1 atom stereocenters. The van der Waals surface area contributed by atoms with E-state index < -0.39 is 0 Å². The van der Waals surface area contributed by atoms with Gasteiger partial charge in [0.1, 0.15) is 0 Å². The molecule has 0 N–H and O–H groups in total. The largest absolute Gasteiger partial charge is 0.286 e. The first kappa shape index (κ1) is 15.8. The Labute approximate surface area is 136 Å².